The second-order valence-electron chi connectivity index (χ2n) is 7.45. The third kappa shape index (κ3) is 4.58. The number of hydrogen-bond donors (Lipinski definition) is 1. The minimum atomic E-state index is 0.0157. The molecule has 162 valence electrons. The van der Waals surface area contributed by atoms with Crippen LogP contribution in [0.15, 0.2) is 30.3 Å². The number of H-pyrrole nitrogens is 1. The molecule has 1 fully saturated rings. The van der Waals surface area contributed by atoms with Crippen molar-refractivity contribution in [2.24, 2.45) is 0 Å². The smallest absolute Gasteiger partial charge is 0.242 e. The van der Waals surface area contributed by atoms with E-state index in [2.05, 4.69) is 25.1 Å². The highest BCUT2D eigenvalue weighted by Gasteiger charge is 2.23. The first-order valence-corrected chi connectivity index (χ1v) is 10.5. The molecule has 0 saturated carbocycles. The summed E-state index contributed by atoms with van der Waals surface area (Å²) >= 11 is 5.38. The maximum atomic E-state index is 13.0. The number of amides is 1. The van der Waals surface area contributed by atoms with Crippen LogP contribution in [0.5, 0.6) is 5.75 Å². The number of rotatable bonds is 5. The van der Waals surface area contributed by atoms with Gasteiger partial charge in [-0.15, -0.1) is 0 Å². The van der Waals surface area contributed by atoms with Gasteiger partial charge in [-0.05, 0) is 50.3 Å². The molecule has 1 N–H and O–H groups in total. The molecule has 0 radical (unpaired) electrons. The number of hydrogen-bond acceptors (Lipinski definition) is 7. The molecule has 3 aromatic rings. The van der Waals surface area contributed by atoms with Gasteiger partial charge in [-0.2, -0.15) is 5.10 Å². The lowest BCUT2D eigenvalue weighted by atomic mass is 10.2. The van der Waals surface area contributed by atoms with Gasteiger partial charge >= 0.3 is 0 Å². The Kier molecular flexibility index (Phi) is 5.99. The molecule has 1 aliphatic heterocycles. The maximum absolute atomic E-state index is 13.0. The van der Waals surface area contributed by atoms with Crippen molar-refractivity contribution in [1.82, 2.24) is 29.6 Å². The van der Waals surface area contributed by atoms with Gasteiger partial charge in [0.25, 0.3) is 0 Å². The van der Waals surface area contributed by atoms with Crippen LogP contribution in [-0.2, 0) is 11.3 Å². The fourth-order valence-corrected chi connectivity index (χ4v) is 3.90. The molecule has 0 aliphatic carbocycles. The Morgan fingerprint density at radius 1 is 1.13 bits per heavy atom. The lowest BCUT2D eigenvalue weighted by Gasteiger charge is -2.35. The van der Waals surface area contributed by atoms with Gasteiger partial charge in [-0.1, -0.05) is 0 Å². The second kappa shape index (κ2) is 8.84. The average molecular weight is 440 g/mol. The standard InChI is InChI=1S/C21H25N7O2S/c1-14-12-18(23-15(2)22-14)26-8-10-27(11-9-26)19(29)13-28-20(24-25-21(28)31)16-4-6-17(30-3)7-5-16/h4-7,12H,8-11,13H2,1-3H3,(H,25,31). The number of aryl methyl sites for hydroxylation is 2. The lowest BCUT2D eigenvalue weighted by Crippen LogP contribution is -2.50. The first kappa shape index (κ1) is 21.0. The Morgan fingerprint density at radius 2 is 1.84 bits per heavy atom. The summed E-state index contributed by atoms with van der Waals surface area (Å²) in [6.07, 6.45) is 0. The number of carbonyl (C=O) groups excluding carboxylic acids is 1. The van der Waals surface area contributed by atoms with Gasteiger partial charge in [0, 0.05) is 43.5 Å². The van der Waals surface area contributed by atoms with E-state index in [1.807, 2.05) is 49.1 Å². The summed E-state index contributed by atoms with van der Waals surface area (Å²) in [6.45, 7) is 6.71. The molecule has 4 rings (SSSR count). The minimum Gasteiger partial charge on any atom is -0.497 e. The Morgan fingerprint density at radius 3 is 2.48 bits per heavy atom. The van der Waals surface area contributed by atoms with Gasteiger partial charge in [0.2, 0.25) is 5.91 Å². The topological polar surface area (TPSA) is 92.2 Å². The fourth-order valence-electron chi connectivity index (χ4n) is 3.70. The predicted molar refractivity (Wildman–Crippen MR) is 120 cm³/mol. The normalized spacial score (nSPS) is 14.0. The number of carbonyl (C=O) groups is 1. The minimum absolute atomic E-state index is 0.0157. The summed E-state index contributed by atoms with van der Waals surface area (Å²) in [5, 5.41) is 7.12. The van der Waals surface area contributed by atoms with Crippen LogP contribution >= 0.6 is 12.2 Å². The zero-order valence-electron chi connectivity index (χ0n) is 17.8. The van der Waals surface area contributed by atoms with E-state index in [0.717, 1.165) is 41.7 Å². The van der Waals surface area contributed by atoms with E-state index < -0.39 is 0 Å². The second-order valence-corrected chi connectivity index (χ2v) is 7.84. The van der Waals surface area contributed by atoms with E-state index in [9.17, 15) is 4.79 Å². The zero-order valence-corrected chi connectivity index (χ0v) is 18.6. The maximum Gasteiger partial charge on any atom is 0.242 e. The van der Waals surface area contributed by atoms with Crippen LogP contribution in [-0.4, -0.2) is 68.8 Å². The van der Waals surface area contributed by atoms with Crippen molar-refractivity contribution in [3.63, 3.8) is 0 Å². The molecular formula is C21H25N7O2S. The largest absolute Gasteiger partial charge is 0.497 e. The van der Waals surface area contributed by atoms with Crippen LogP contribution in [0.4, 0.5) is 5.82 Å². The van der Waals surface area contributed by atoms with E-state index in [1.54, 1.807) is 11.7 Å². The Hall–Kier alpha value is -3.27. The van der Waals surface area contributed by atoms with Gasteiger partial charge in [-0.3, -0.25) is 14.5 Å². The van der Waals surface area contributed by atoms with Gasteiger partial charge in [0.05, 0.1) is 7.11 Å². The number of piperazine rings is 1. The Bertz CT molecular complexity index is 1110. The van der Waals surface area contributed by atoms with E-state index in [0.29, 0.717) is 23.7 Å². The van der Waals surface area contributed by atoms with Crippen molar-refractivity contribution in [2.75, 3.05) is 38.2 Å². The molecule has 0 spiro atoms. The molecule has 10 heteroatoms. The van der Waals surface area contributed by atoms with Crippen molar-refractivity contribution < 1.29 is 9.53 Å². The summed E-state index contributed by atoms with van der Waals surface area (Å²) < 4.78 is 7.37. The van der Waals surface area contributed by atoms with E-state index in [4.69, 9.17) is 17.0 Å². The Balaban J connectivity index is 1.44. The molecule has 0 bridgehead atoms. The van der Waals surface area contributed by atoms with Crippen LogP contribution in [0, 0.1) is 18.6 Å². The molecule has 31 heavy (non-hydrogen) atoms. The molecule has 1 amide bonds. The van der Waals surface area contributed by atoms with Crippen molar-refractivity contribution in [3.8, 4) is 17.1 Å². The van der Waals surface area contributed by atoms with E-state index in [1.165, 1.54) is 0 Å². The summed E-state index contributed by atoms with van der Waals surface area (Å²) in [6, 6.07) is 9.49. The molecule has 0 unspecified atom stereocenters. The van der Waals surface area contributed by atoms with Crippen LogP contribution in [0.2, 0.25) is 0 Å². The number of nitrogens with zero attached hydrogens (tertiary/aromatic N) is 6. The predicted octanol–water partition coefficient (Wildman–Crippen LogP) is 2.37. The van der Waals surface area contributed by atoms with Gasteiger partial charge < -0.3 is 14.5 Å². The van der Waals surface area contributed by atoms with Gasteiger partial charge in [0.15, 0.2) is 10.6 Å². The highest BCUT2D eigenvalue weighted by atomic mass is 32.1. The van der Waals surface area contributed by atoms with Crippen LogP contribution in [0.3, 0.4) is 0 Å². The molecular weight excluding hydrogens is 414 g/mol. The number of anilines is 1. The third-order valence-electron chi connectivity index (χ3n) is 5.31. The summed E-state index contributed by atoms with van der Waals surface area (Å²) in [5.41, 5.74) is 1.81. The Labute approximate surface area is 185 Å². The van der Waals surface area contributed by atoms with Crippen LogP contribution in [0.1, 0.15) is 11.5 Å². The number of aromatic amines is 1. The van der Waals surface area contributed by atoms with Crippen molar-refractivity contribution in [2.45, 2.75) is 20.4 Å². The van der Waals surface area contributed by atoms with Crippen molar-refractivity contribution in [1.29, 1.82) is 0 Å². The first-order valence-electron chi connectivity index (χ1n) is 10.1. The van der Waals surface area contributed by atoms with Crippen LogP contribution in [0.25, 0.3) is 11.4 Å². The van der Waals surface area contributed by atoms with Crippen molar-refractivity contribution >= 4 is 23.9 Å². The fraction of sp³-hybridized carbons (Fsp3) is 0.381. The number of benzene rings is 1. The average Bonchev–Trinajstić information content (AvgIpc) is 3.13. The number of ether oxygens (including phenoxy) is 1. The number of nitrogens with one attached hydrogen (secondary N) is 1. The first-order chi connectivity index (χ1) is 14.9. The summed E-state index contributed by atoms with van der Waals surface area (Å²) in [4.78, 5) is 25.9. The molecule has 3 heterocycles. The van der Waals surface area contributed by atoms with E-state index in [-0.39, 0.29) is 12.5 Å². The van der Waals surface area contributed by atoms with Gasteiger partial charge in [-0.25, -0.2) is 9.97 Å². The molecule has 1 saturated heterocycles. The molecule has 9 nitrogen and oxygen atoms in total. The quantitative estimate of drug-likeness (QED) is 0.610. The highest BCUT2D eigenvalue weighted by molar-refractivity contribution is 7.71. The lowest BCUT2D eigenvalue weighted by molar-refractivity contribution is -0.132. The number of methoxy groups -OCH3 is 1. The zero-order chi connectivity index (χ0) is 22.0. The summed E-state index contributed by atoms with van der Waals surface area (Å²) in [5.74, 6) is 3.07. The number of aromatic nitrogens is 5. The molecule has 2 aromatic heterocycles. The molecule has 1 aliphatic rings. The summed E-state index contributed by atoms with van der Waals surface area (Å²) in [7, 11) is 1.62. The third-order valence-corrected chi connectivity index (χ3v) is 5.62. The SMILES string of the molecule is COc1ccc(-c2n[nH]c(=S)n2CC(=O)N2CCN(c3cc(C)nc(C)n3)CC2)cc1. The van der Waals surface area contributed by atoms with Gasteiger partial charge in [0.1, 0.15) is 23.9 Å². The highest BCUT2D eigenvalue weighted by Crippen LogP contribution is 2.21. The van der Waals surface area contributed by atoms with Crippen molar-refractivity contribution in [3.05, 3.63) is 46.6 Å². The van der Waals surface area contributed by atoms with Crippen LogP contribution < -0.4 is 9.64 Å². The monoisotopic (exact) mass is 439 g/mol. The van der Waals surface area contributed by atoms with E-state index >= 15 is 0 Å². The molecule has 1 aromatic carbocycles. The molecule has 0 atom stereocenters.